The zero-order chi connectivity index (χ0) is 23.9. The number of nitrogens with zero attached hydrogens (tertiary/aromatic N) is 1. The van der Waals surface area contributed by atoms with Crippen LogP contribution in [0.5, 0.6) is 0 Å². The van der Waals surface area contributed by atoms with Crippen LogP contribution in [0.1, 0.15) is 61.2 Å². The fourth-order valence-electron chi connectivity index (χ4n) is 5.88. The molecule has 0 unspecified atom stereocenters. The summed E-state index contributed by atoms with van der Waals surface area (Å²) in [6.07, 6.45) is 0. The van der Waals surface area contributed by atoms with E-state index in [2.05, 4.69) is 122 Å². The Morgan fingerprint density at radius 2 is 1.24 bits per heavy atom. The van der Waals surface area contributed by atoms with Gasteiger partial charge in [-0.3, -0.25) is 0 Å². The molecule has 3 aromatic carbocycles. The first-order chi connectivity index (χ1) is 15.5. The molecule has 0 amide bonds. The Morgan fingerprint density at radius 1 is 0.636 bits per heavy atom. The number of hydrogen-bond acceptors (Lipinski definition) is 0. The quantitative estimate of drug-likeness (QED) is 0.269. The number of fused-ring (bicyclic) bond motifs is 4. The minimum Gasteiger partial charge on any atom is -0.198 e. The topological polar surface area (TPSA) is 3.88 Å². The molecule has 5 rings (SSSR count). The number of pyridine rings is 1. The van der Waals surface area contributed by atoms with Gasteiger partial charge in [0.2, 0.25) is 5.69 Å². The molecule has 0 fully saturated rings. The van der Waals surface area contributed by atoms with Gasteiger partial charge in [-0.1, -0.05) is 58.0 Å². The second kappa shape index (κ2) is 7.03. The predicted octanol–water partition coefficient (Wildman–Crippen LogP) is 7.80. The van der Waals surface area contributed by atoms with Crippen molar-refractivity contribution in [3.63, 3.8) is 0 Å². The van der Waals surface area contributed by atoms with Gasteiger partial charge in [-0.05, 0) is 94.0 Å². The Morgan fingerprint density at radius 3 is 1.91 bits per heavy atom. The van der Waals surface area contributed by atoms with Crippen molar-refractivity contribution < 1.29 is 4.57 Å². The van der Waals surface area contributed by atoms with Gasteiger partial charge >= 0.3 is 0 Å². The molecule has 0 bridgehead atoms. The van der Waals surface area contributed by atoms with Gasteiger partial charge in [0.25, 0.3) is 0 Å². The highest BCUT2D eigenvalue weighted by molar-refractivity contribution is 5.94. The van der Waals surface area contributed by atoms with Crippen molar-refractivity contribution in [1.82, 2.24) is 0 Å². The molecule has 0 radical (unpaired) electrons. The maximum absolute atomic E-state index is 2.45. The maximum Gasteiger partial charge on any atom is 0.213 e. The van der Waals surface area contributed by atoms with Crippen LogP contribution >= 0.6 is 0 Å². The average Bonchev–Trinajstić information content (AvgIpc) is 2.78. The molecule has 4 aromatic rings. The van der Waals surface area contributed by atoms with E-state index in [0.29, 0.717) is 0 Å². The lowest BCUT2D eigenvalue weighted by Crippen LogP contribution is -2.44. The first-order valence-corrected chi connectivity index (χ1v) is 12.1. The van der Waals surface area contributed by atoms with Gasteiger partial charge in [0.15, 0.2) is 5.69 Å². The Balaban J connectivity index is 1.89. The third-order valence-corrected chi connectivity index (χ3v) is 9.16. The van der Waals surface area contributed by atoms with Gasteiger partial charge in [-0.2, -0.15) is 4.57 Å². The first kappa shape index (κ1) is 21.9. The maximum atomic E-state index is 2.45. The molecule has 0 saturated heterocycles. The molecule has 0 spiro atoms. The minimum atomic E-state index is 0.0162. The lowest BCUT2D eigenvalue weighted by Gasteiger charge is -2.49. The highest BCUT2D eigenvalue weighted by atomic mass is 14.9. The Bertz CT molecular complexity index is 1450. The van der Waals surface area contributed by atoms with E-state index >= 15 is 0 Å². The summed E-state index contributed by atoms with van der Waals surface area (Å²) in [5, 5.41) is 2.64. The SMILES string of the molecule is Cc1cc(-c2ccc3c(c2C)-c2cc4ccccc4cc2C(C)(C)C3(C)C)[n+](C)c(C)c1C. The lowest BCUT2D eigenvalue weighted by molar-refractivity contribution is -0.667. The largest absolute Gasteiger partial charge is 0.213 e. The van der Waals surface area contributed by atoms with Crippen LogP contribution in [-0.4, -0.2) is 0 Å². The van der Waals surface area contributed by atoms with Crippen LogP contribution in [-0.2, 0) is 17.9 Å². The normalized spacial score (nSPS) is 15.9. The second-order valence-electron chi connectivity index (χ2n) is 11.1. The predicted molar refractivity (Wildman–Crippen MR) is 141 cm³/mol. The van der Waals surface area contributed by atoms with Crippen molar-refractivity contribution in [3.8, 4) is 22.4 Å². The van der Waals surface area contributed by atoms with Crippen LogP contribution in [0.2, 0.25) is 0 Å². The summed E-state index contributed by atoms with van der Waals surface area (Å²) < 4.78 is 2.36. The van der Waals surface area contributed by atoms with Crippen molar-refractivity contribution in [1.29, 1.82) is 0 Å². The summed E-state index contributed by atoms with van der Waals surface area (Å²) in [6, 6.07) is 20.8. The van der Waals surface area contributed by atoms with Gasteiger partial charge in [0, 0.05) is 24.1 Å². The van der Waals surface area contributed by atoms with Crippen molar-refractivity contribution in [2.24, 2.45) is 7.05 Å². The minimum absolute atomic E-state index is 0.0162. The Hall–Kier alpha value is -2.93. The summed E-state index contributed by atoms with van der Waals surface area (Å²) in [7, 11) is 2.20. The molecule has 1 nitrogen and oxygen atoms in total. The third-order valence-electron chi connectivity index (χ3n) is 9.16. The standard InChI is InChI=1S/C32H36N/c1-19-16-29(33(9)22(4)20(19)2)25-14-15-27-30(21(25)3)26-17-23-12-10-11-13-24(23)18-28(26)32(7,8)31(27,5)6/h10-18H,1-9H3/q+1. The van der Waals surface area contributed by atoms with Gasteiger partial charge in [-0.15, -0.1) is 0 Å². The van der Waals surface area contributed by atoms with Gasteiger partial charge in [0.1, 0.15) is 7.05 Å². The highest BCUT2D eigenvalue weighted by Gasteiger charge is 2.46. The molecule has 1 aliphatic carbocycles. The summed E-state index contributed by atoms with van der Waals surface area (Å²) in [5.74, 6) is 0. The van der Waals surface area contributed by atoms with E-state index in [9.17, 15) is 0 Å². The monoisotopic (exact) mass is 434 g/mol. The van der Waals surface area contributed by atoms with Crippen molar-refractivity contribution >= 4 is 10.8 Å². The molecule has 1 aliphatic rings. The molecule has 0 atom stereocenters. The third kappa shape index (κ3) is 2.88. The number of benzene rings is 3. The molecular weight excluding hydrogens is 398 g/mol. The molecule has 0 aliphatic heterocycles. The molecule has 33 heavy (non-hydrogen) atoms. The molecule has 1 heteroatoms. The van der Waals surface area contributed by atoms with Crippen LogP contribution in [0.3, 0.4) is 0 Å². The van der Waals surface area contributed by atoms with E-state index in [0.717, 1.165) is 0 Å². The van der Waals surface area contributed by atoms with E-state index in [4.69, 9.17) is 0 Å². The Labute approximate surface area is 199 Å². The fraction of sp³-hybridized carbons (Fsp3) is 0.344. The summed E-state index contributed by atoms with van der Waals surface area (Å²) in [5.41, 5.74) is 13.8. The van der Waals surface area contributed by atoms with Crippen LogP contribution in [0.25, 0.3) is 33.2 Å². The Kier molecular flexibility index (Phi) is 4.67. The molecule has 168 valence electrons. The zero-order valence-corrected chi connectivity index (χ0v) is 21.6. The fourth-order valence-corrected chi connectivity index (χ4v) is 5.88. The van der Waals surface area contributed by atoms with Crippen LogP contribution < -0.4 is 4.57 Å². The highest BCUT2D eigenvalue weighted by Crippen LogP contribution is 2.56. The smallest absolute Gasteiger partial charge is 0.198 e. The molecular formula is C32H36N+. The van der Waals surface area contributed by atoms with Crippen molar-refractivity contribution in [2.45, 2.75) is 66.2 Å². The van der Waals surface area contributed by atoms with Gasteiger partial charge in [-0.25, -0.2) is 0 Å². The second-order valence-corrected chi connectivity index (χ2v) is 11.1. The van der Waals surface area contributed by atoms with E-state index in [1.807, 2.05) is 0 Å². The number of aryl methyl sites for hydroxylation is 1. The number of aromatic nitrogens is 1. The van der Waals surface area contributed by atoms with Crippen LogP contribution in [0.15, 0.2) is 54.6 Å². The summed E-state index contributed by atoms with van der Waals surface area (Å²) in [4.78, 5) is 0. The van der Waals surface area contributed by atoms with Crippen LogP contribution in [0.4, 0.5) is 0 Å². The summed E-state index contributed by atoms with van der Waals surface area (Å²) >= 11 is 0. The molecule has 0 saturated carbocycles. The molecule has 1 aromatic heterocycles. The average molecular weight is 435 g/mol. The van der Waals surface area contributed by atoms with Crippen molar-refractivity contribution in [3.05, 3.63) is 88.1 Å². The van der Waals surface area contributed by atoms with E-state index in [-0.39, 0.29) is 10.8 Å². The number of rotatable bonds is 1. The van der Waals surface area contributed by atoms with E-state index in [1.165, 1.54) is 66.7 Å². The van der Waals surface area contributed by atoms with E-state index in [1.54, 1.807) is 0 Å². The lowest BCUT2D eigenvalue weighted by atomic mass is 9.54. The van der Waals surface area contributed by atoms with Gasteiger partial charge in [0.05, 0.1) is 0 Å². The number of hydrogen-bond donors (Lipinski definition) is 0. The summed E-state index contributed by atoms with van der Waals surface area (Å²) in [6.45, 7) is 18.7. The molecule has 1 heterocycles. The molecule has 0 N–H and O–H groups in total. The first-order valence-electron chi connectivity index (χ1n) is 12.1. The van der Waals surface area contributed by atoms with Crippen LogP contribution in [0, 0.1) is 27.7 Å². The van der Waals surface area contributed by atoms with Crippen molar-refractivity contribution in [2.75, 3.05) is 0 Å². The zero-order valence-electron chi connectivity index (χ0n) is 21.6. The van der Waals surface area contributed by atoms with E-state index < -0.39 is 0 Å². The van der Waals surface area contributed by atoms with Gasteiger partial charge < -0.3 is 0 Å².